The highest BCUT2D eigenvalue weighted by atomic mass is 32.1. The van der Waals surface area contributed by atoms with Crippen LogP contribution in [0.25, 0.3) is 21.6 Å². The maximum Gasteiger partial charge on any atom is 0.345 e. The Balaban J connectivity index is 1.45. The topological polar surface area (TPSA) is 63.6 Å². The molecule has 0 saturated carbocycles. The molecular formula is C27H22O4S. The number of carboxylic acid groups (broad SMARTS) is 1. The van der Waals surface area contributed by atoms with Crippen LogP contribution in [0.5, 0.6) is 5.75 Å². The van der Waals surface area contributed by atoms with Gasteiger partial charge in [-0.2, -0.15) is 0 Å². The van der Waals surface area contributed by atoms with Gasteiger partial charge in [0.05, 0.1) is 4.88 Å². The van der Waals surface area contributed by atoms with Crippen LogP contribution in [0.1, 0.15) is 22.2 Å². The van der Waals surface area contributed by atoms with Gasteiger partial charge in [0.2, 0.25) is 0 Å². The van der Waals surface area contributed by atoms with E-state index in [9.17, 15) is 14.7 Å². The van der Waals surface area contributed by atoms with E-state index in [0.717, 1.165) is 32.0 Å². The van der Waals surface area contributed by atoms with Gasteiger partial charge in [0, 0.05) is 11.3 Å². The van der Waals surface area contributed by atoms with Gasteiger partial charge in [0.15, 0.2) is 11.9 Å². The Kier molecular flexibility index (Phi) is 6.47. The minimum Gasteiger partial charge on any atom is -0.478 e. The van der Waals surface area contributed by atoms with Crippen LogP contribution >= 0.6 is 11.3 Å². The van der Waals surface area contributed by atoms with E-state index >= 15 is 0 Å². The predicted molar refractivity (Wildman–Crippen MR) is 127 cm³/mol. The Bertz CT molecular complexity index is 1210. The second kappa shape index (κ2) is 9.62. The van der Waals surface area contributed by atoms with Crippen molar-refractivity contribution < 1.29 is 19.4 Å². The first kappa shape index (κ1) is 21.5. The fourth-order valence-electron chi connectivity index (χ4n) is 3.41. The molecule has 0 aliphatic heterocycles. The fraction of sp³-hybridized carbons (Fsp3) is 0.111. The van der Waals surface area contributed by atoms with Gasteiger partial charge in [-0.1, -0.05) is 66.7 Å². The molecule has 32 heavy (non-hydrogen) atoms. The summed E-state index contributed by atoms with van der Waals surface area (Å²) in [5.41, 5.74) is 4.03. The molecule has 0 bridgehead atoms. The molecule has 1 aromatic heterocycles. The molecule has 160 valence electrons. The first-order chi connectivity index (χ1) is 15.5. The largest absolute Gasteiger partial charge is 0.478 e. The summed E-state index contributed by atoms with van der Waals surface area (Å²) in [6, 6.07) is 28.9. The molecule has 0 fully saturated rings. The highest BCUT2D eigenvalue weighted by Gasteiger charge is 2.20. The number of thiophene rings is 1. The third kappa shape index (κ3) is 5.13. The normalized spacial score (nSPS) is 11.7. The van der Waals surface area contributed by atoms with Gasteiger partial charge in [0.25, 0.3) is 0 Å². The van der Waals surface area contributed by atoms with E-state index in [-0.39, 0.29) is 5.78 Å². The SMILES string of the molecule is CC(=O)c1ccc(-c2ccc(-c3ccc(O[C@@H](Cc4ccccc4)C(=O)O)cc3)cc2)s1. The molecule has 0 saturated heterocycles. The molecule has 0 spiro atoms. The van der Waals surface area contributed by atoms with Crippen molar-refractivity contribution in [3.63, 3.8) is 0 Å². The third-order valence-electron chi connectivity index (χ3n) is 5.13. The highest BCUT2D eigenvalue weighted by Crippen LogP contribution is 2.31. The van der Waals surface area contributed by atoms with Gasteiger partial charge in [-0.15, -0.1) is 11.3 Å². The van der Waals surface area contributed by atoms with E-state index in [0.29, 0.717) is 12.2 Å². The number of ether oxygens (including phenoxy) is 1. The number of aliphatic carboxylic acids is 1. The van der Waals surface area contributed by atoms with Crippen LogP contribution in [0.2, 0.25) is 0 Å². The standard InChI is InChI=1S/C27H22O4S/c1-18(28)25-15-16-26(32-25)22-9-7-20(8-10-22)21-11-13-23(14-12-21)31-24(27(29)30)17-19-5-3-2-4-6-19/h2-16,24H,17H2,1H3,(H,29,30)/t24-/m0/s1. The molecule has 3 aromatic carbocycles. The van der Waals surface area contributed by atoms with Crippen molar-refractivity contribution in [3.05, 3.63) is 101 Å². The second-order valence-corrected chi connectivity index (χ2v) is 8.54. The fourth-order valence-corrected chi connectivity index (χ4v) is 4.31. The van der Waals surface area contributed by atoms with Crippen molar-refractivity contribution >= 4 is 23.1 Å². The Morgan fingerprint density at radius 3 is 1.97 bits per heavy atom. The lowest BCUT2D eigenvalue weighted by Crippen LogP contribution is -2.29. The van der Waals surface area contributed by atoms with Gasteiger partial charge in [-0.3, -0.25) is 4.79 Å². The summed E-state index contributed by atoms with van der Waals surface area (Å²) in [5.74, 6) is -0.395. The zero-order chi connectivity index (χ0) is 22.5. The zero-order valence-corrected chi connectivity index (χ0v) is 18.3. The summed E-state index contributed by atoms with van der Waals surface area (Å²) in [7, 11) is 0. The molecule has 0 amide bonds. The van der Waals surface area contributed by atoms with E-state index < -0.39 is 12.1 Å². The van der Waals surface area contributed by atoms with Crippen molar-refractivity contribution in [2.24, 2.45) is 0 Å². The second-order valence-electron chi connectivity index (χ2n) is 7.46. The van der Waals surface area contributed by atoms with Crippen LogP contribution in [0.4, 0.5) is 0 Å². The Morgan fingerprint density at radius 1 is 0.812 bits per heavy atom. The molecule has 1 heterocycles. The van der Waals surface area contributed by atoms with Crippen molar-refractivity contribution in [1.29, 1.82) is 0 Å². The number of hydrogen-bond donors (Lipinski definition) is 1. The van der Waals surface area contributed by atoms with Crippen LogP contribution in [0.15, 0.2) is 91.0 Å². The molecule has 4 rings (SSSR count). The summed E-state index contributed by atoms with van der Waals surface area (Å²) in [4.78, 5) is 25.0. The van der Waals surface area contributed by atoms with Gasteiger partial charge >= 0.3 is 5.97 Å². The minimum atomic E-state index is -0.991. The Hall–Kier alpha value is -3.70. The lowest BCUT2D eigenvalue weighted by Gasteiger charge is -2.15. The molecule has 5 heteroatoms. The van der Waals surface area contributed by atoms with E-state index in [1.165, 1.54) is 11.3 Å². The van der Waals surface area contributed by atoms with Gasteiger partial charge in [-0.05, 0) is 53.4 Å². The van der Waals surface area contributed by atoms with Gasteiger partial charge in [-0.25, -0.2) is 4.79 Å². The molecule has 4 aromatic rings. The Labute approximate surface area is 190 Å². The first-order valence-corrected chi connectivity index (χ1v) is 11.1. The quantitative estimate of drug-likeness (QED) is 0.323. The maximum atomic E-state index is 11.6. The number of rotatable bonds is 8. The summed E-state index contributed by atoms with van der Waals surface area (Å²) in [6.07, 6.45) is -0.652. The smallest absolute Gasteiger partial charge is 0.345 e. The zero-order valence-electron chi connectivity index (χ0n) is 17.5. The first-order valence-electron chi connectivity index (χ1n) is 10.2. The van der Waals surface area contributed by atoms with Crippen LogP contribution in [-0.2, 0) is 11.2 Å². The number of hydrogen-bond acceptors (Lipinski definition) is 4. The Morgan fingerprint density at radius 2 is 1.41 bits per heavy atom. The number of carbonyl (C=O) groups excluding carboxylic acids is 1. The number of ketones is 1. The lowest BCUT2D eigenvalue weighted by atomic mass is 10.0. The van der Waals surface area contributed by atoms with Crippen molar-refractivity contribution in [1.82, 2.24) is 0 Å². The van der Waals surface area contributed by atoms with Gasteiger partial charge in [0.1, 0.15) is 5.75 Å². The predicted octanol–water partition coefficient (Wildman–Crippen LogP) is 6.36. The average molecular weight is 443 g/mol. The molecule has 0 aliphatic carbocycles. The van der Waals surface area contributed by atoms with E-state index in [2.05, 4.69) is 0 Å². The van der Waals surface area contributed by atoms with E-state index in [1.807, 2.05) is 78.9 Å². The van der Waals surface area contributed by atoms with Crippen LogP contribution in [0.3, 0.4) is 0 Å². The molecule has 0 unspecified atom stereocenters. The summed E-state index contributed by atoms with van der Waals surface area (Å²) in [5, 5.41) is 9.54. The average Bonchev–Trinajstić information content (AvgIpc) is 3.31. The minimum absolute atomic E-state index is 0.0779. The molecule has 1 N–H and O–H groups in total. The van der Waals surface area contributed by atoms with Crippen LogP contribution < -0.4 is 4.74 Å². The molecule has 0 aliphatic rings. The lowest BCUT2D eigenvalue weighted by molar-refractivity contribution is -0.145. The number of benzene rings is 3. The number of carbonyl (C=O) groups is 2. The molecule has 4 nitrogen and oxygen atoms in total. The maximum absolute atomic E-state index is 11.6. The monoisotopic (exact) mass is 442 g/mol. The highest BCUT2D eigenvalue weighted by molar-refractivity contribution is 7.17. The summed E-state index contributed by atoms with van der Waals surface area (Å²) >= 11 is 1.49. The number of Topliss-reactive ketones (excluding diaryl/α,β-unsaturated/α-hetero) is 1. The molecule has 1 atom stereocenters. The summed E-state index contributed by atoms with van der Waals surface area (Å²) in [6.45, 7) is 1.58. The van der Waals surface area contributed by atoms with Crippen molar-refractivity contribution in [2.75, 3.05) is 0 Å². The molecule has 0 radical (unpaired) electrons. The van der Waals surface area contributed by atoms with Gasteiger partial charge < -0.3 is 9.84 Å². The molecular weight excluding hydrogens is 420 g/mol. The van der Waals surface area contributed by atoms with Crippen LogP contribution in [-0.4, -0.2) is 23.0 Å². The van der Waals surface area contributed by atoms with Crippen molar-refractivity contribution in [2.45, 2.75) is 19.4 Å². The van der Waals surface area contributed by atoms with Crippen LogP contribution in [0, 0.1) is 0 Å². The van der Waals surface area contributed by atoms with E-state index in [1.54, 1.807) is 19.1 Å². The van der Waals surface area contributed by atoms with E-state index in [4.69, 9.17) is 4.74 Å². The van der Waals surface area contributed by atoms with Crippen molar-refractivity contribution in [3.8, 4) is 27.3 Å². The third-order valence-corrected chi connectivity index (χ3v) is 6.36. The summed E-state index contributed by atoms with van der Waals surface area (Å²) < 4.78 is 5.74. The number of carboxylic acids is 1.